The lowest BCUT2D eigenvalue weighted by Crippen LogP contribution is -2.54. The Morgan fingerprint density at radius 3 is 2.50 bits per heavy atom. The molecule has 1 saturated heterocycles. The minimum absolute atomic E-state index is 0.0304. The molecule has 1 aromatic carbocycles. The lowest BCUT2D eigenvalue weighted by atomic mass is 10.0. The molecule has 1 atom stereocenters. The summed E-state index contributed by atoms with van der Waals surface area (Å²) in [5, 5.41) is 0.145. The van der Waals surface area contributed by atoms with E-state index in [0.717, 1.165) is 10.8 Å². The van der Waals surface area contributed by atoms with Crippen LogP contribution in [-0.2, 0) is 21.7 Å². The fraction of sp³-hybridized carbons (Fsp3) is 0.323. The van der Waals surface area contributed by atoms with Crippen molar-refractivity contribution >= 4 is 32.6 Å². The van der Waals surface area contributed by atoms with Gasteiger partial charge in [0.05, 0.1) is 21.5 Å². The predicted octanol–water partition coefficient (Wildman–Crippen LogP) is 3.04. The van der Waals surface area contributed by atoms with Gasteiger partial charge < -0.3 is 14.4 Å². The quantitative estimate of drug-likeness (QED) is 0.301. The van der Waals surface area contributed by atoms with Crippen LogP contribution in [-0.4, -0.2) is 70.3 Å². The van der Waals surface area contributed by atoms with Gasteiger partial charge in [-0.15, -0.1) is 0 Å². The molecule has 11 nitrogen and oxygen atoms in total. The van der Waals surface area contributed by atoms with Gasteiger partial charge in [0.25, 0.3) is 5.56 Å². The third kappa shape index (κ3) is 5.32. The predicted molar refractivity (Wildman–Crippen MR) is 167 cm³/mol. The van der Waals surface area contributed by atoms with Crippen molar-refractivity contribution in [1.29, 1.82) is 0 Å². The molecule has 0 unspecified atom stereocenters. The van der Waals surface area contributed by atoms with Gasteiger partial charge in [0.2, 0.25) is 5.91 Å². The molecule has 1 amide bonds. The largest absolute Gasteiger partial charge is 0.355 e. The molecule has 0 radical (unpaired) electrons. The Bertz CT molecular complexity index is 2050. The van der Waals surface area contributed by atoms with Gasteiger partial charge in [-0.2, -0.15) is 4.98 Å². The van der Waals surface area contributed by atoms with Crippen LogP contribution in [0.1, 0.15) is 32.3 Å². The zero-order chi connectivity index (χ0) is 32.1. The maximum Gasteiger partial charge on any atom is 0.355 e. The normalized spacial score (nSPS) is 15.7. The highest BCUT2D eigenvalue weighted by Crippen LogP contribution is 2.34. The average molecular weight is 621 g/mol. The first-order valence-corrected chi connectivity index (χ1v) is 15.9. The number of amides is 1. The maximum absolute atomic E-state index is 16.0. The SMILES string of the molecule is C=CC(=O)N1CCN(c2nc(=O)n(-c3c(C(C)C)cccc3S(C)(=O)=O)c3nc(-c4cccn(C)c4=O)c(F)cc23)[C@@H](C)C1. The Morgan fingerprint density at radius 1 is 1.14 bits per heavy atom. The first-order valence-electron chi connectivity index (χ1n) is 14.0. The number of hydrogen-bond donors (Lipinski definition) is 0. The molecular weight excluding hydrogens is 587 g/mol. The number of piperazine rings is 1. The Balaban J connectivity index is 1.89. The van der Waals surface area contributed by atoms with E-state index in [1.54, 1.807) is 28.0 Å². The Hall–Kier alpha value is -4.65. The number of para-hydroxylation sites is 1. The molecule has 0 spiro atoms. The van der Waals surface area contributed by atoms with Gasteiger partial charge in [-0.05, 0) is 48.7 Å². The van der Waals surface area contributed by atoms with Gasteiger partial charge in [0.15, 0.2) is 21.3 Å². The molecule has 230 valence electrons. The number of carbonyl (C=O) groups is 1. The van der Waals surface area contributed by atoms with E-state index in [0.29, 0.717) is 18.7 Å². The summed E-state index contributed by atoms with van der Waals surface area (Å²) in [5.41, 5.74) is -1.10. The molecule has 1 aliphatic heterocycles. The second-order valence-electron chi connectivity index (χ2n) is 11.2. The zero-order valence-corrected chi connectivity index (χ0v) is 25.9. The Labute approximate surface area is 253 Å². The minimum Gasteiger partial charge on any atom is -0.350 e. The van der Waals surface area contributed by atoms with E-state index in [-0.39, 0.29) is 63.1 Å². The number of fused-ring (bicyclic) bond motifs is 1. The van der Waals surface area contributed by atoms with Crippen molar-refractivity contribution in [2.75, 3.05) is 30.8 Å². The summed E-state index contributed by atoms with van der Waals surface area (Å²) in [4.78, 5) is 51.7. The van der Waals surface area contributed by atoms with E-state index in [1.807, 2.05) is 20.8 Å². The Morgan fingerprint density at radius 2 is 1.86 bits per heavy atom. The molecule has 4 heterocycles. The van der Waals surface area contributed by atoms with Gasteiger partial charge in [-0.3, -0.25) is 9.59 Å². The van der Waals surface area contributed by atoms with Crippen molar-refractivity contribution in [3.63, 3.8) is 0 Å². The van der Waals surface area contributed by atoms with Crippen molar-refractivity contribution in [3.8, 4) is 16.9 Å². The van der Waals surface area contributed by atoms with Gasteiger partial charge in [-0.1, -0.05) is 32.6 Å². The van der Waals surface area contributed by atoms with Gasteiger partial charge >= 0.3 is 5.69 Å². The highest BCUT2D eigenvalue weighted by Gasteiger charge is 2.31. The van der Waals surface area contributed by atoms with Crippen molar-refractivity contribution in [3.05, 3.63) is 87.5 Å². The number of halogens is 1. The summed E-state index contributed by atoms with van der Waals surface area (Å²) < 4.78 is 44.4. The zero-order valence-electron chi connectivity index (χ0n) is 25.1. The lowest BCUT2D eigenvalue weighted by Gasteiger charge is -2.40. The third-order valence-electron chi connectivity index (χ3n) is 7.84. The molecule has 1 aliphatic rings. The maximum atomic E-state index is 16.0. The van der Waals surface area contributed by atoms with Crippen LogP contribution in [0.5, 0.6) is 0 Å². The Kier molecular flexibility index (Phi) is 8.02. The summed E-state index contributed by atoms with van der Waals surface area (Å²) in [5.74, 6) is -1.13. The summed E-state index contributed by atoms with van der Waals surface area (Å²) in [7, 11) is -2.33. The first-order chi connectivity index (χ1) is 20.7. The van der Waals surface area contributed by atoms with Crippen LogP contribution >= 0.6 is 0 Å². The number of benzene rings is 1. The fourth-order valence-corrected chi connectivity index (χ4v) is 6.52. The van der Waals surface area contributed by atoms with Crippen molar-refractivity contribution < 1.29 is 17.6 Å². The molecule has 0 saturated carbocycles. The van der Waals surface area contributed by atoms with Gasteiger partial charge in [0, 0.05) is 45.2 Å². The molecular formula is C31H33FN6O5S. The molecule has 44 heavy (non-hydrogen) atoms. The summed E-state index contributed by atoms with van der Waals surface area (Å²) in [6.07, 6.45) is 3.80. The molecule has 13 heteroatoms. The lowest BCUT2D eigenvalue weighted by molar-refractivity contribution is -0.126. The van der Waals surface area contributed by atoms with Crippen molar-refractivity contribution in [2.24, 2.45) is 7.05 Å². The molecule has 0 N–H and O–H groups in total. The van der Waals surface area contributed by atoms with Gasteiger partial charge in [0.1, 0.15) is 11.5 Å². The molecule has 5 rings (SSSR count). The summed E-state index contributed by atoms with van der Waals surface area (Å²) >= 11 is 0. The summed E-state index contributed by atoms with van der Waals surface area (Å²) in [6.45, 7) is 10.0. The van der Waals surface area contributed by atoms with Crippen LogP contribution in [0.15, 0.2) is 69.7 Å². The van der Waals surface area contributed by atoms with E-state index in [9.17, 15) is 22.8 Å². The van der Waals surface area contributed by atoms with Crippen LogP contribution in [0.3, 0.4) is 0 Å². The van der Waals surface area contributed by atoms with Crippen molar-refractivity contribution in [1.82, 2.24) is 24.0 Å². The van der Waals surface area contributed by atoms with E-state index in [1.165, 1.54) is 42.1 Å². The standard InChI is InChI=1S/C31H33FN6O5S/c1-7-25(39)36-14-15-37(19(4)17-36)28-22-16-23(32)26(21-11-9-13-35(5)30(21)40)33-29(22)38(31(41)34-28)27-20(18(2)3)10-8-12-24(27)44(6,42)43/h7-13,16,18-19H,1,14-15,17H2,2-6H3/t19-/m0/s1. The number of pyridine rings is 2. The highest BCUT2D eigenvalue weighted by molar-refractivity contribution is 7.90. The molecule has 3 aromatic heterocycles. The second-order valence-corrected chi connectivity index (χ2v) is 13.2. The number of carbonyl (C=O) groups excluding carboxylic acids is 1. The smallest absolute Gasteiger partial charge is 0.350 e. The molecule has 1 fully saturated rings. The van der Waals surface area contributed by atoms with Crippen LogP contribution < -0.4 is 16.1 Å². The second kappa shape index (κ2) is 11.5. The molecule has 0 bridgehead atoms. The van der Waals surface area contributed by atoms with Crippen LogP contribution in [0.4, 0.5) is 10.2 Å². The number of aryl methyl sites for hydroxylation is 1. The number of anilines is 1. The van der Waals surface area contributed by atoms with Crippen LogP contribution in [0.2, 0.25) is 0 Å². The number of nitrogens with zero attached hydrogens (tertiary/aromatic N) is 6. The van der Waals surface area contributed by atoms with Gasteiger partial charge in [-0.25, -0.2) is 27.2 Å². The van der Waals surface area contributed by atoms with Crippen molar-refractivity contribution in [2.45, 2.75) is 37.6 Å². The highest BCUT2D eigenvalue weighted by atomic mass is 32.2. The number of sulfone groups is 1. The van der Waals surface area contributed by atoms with E-state index < -0.39 is 26.9 Å². The van der Waals surface area contributed by atoms with E-state index in [2.05, 4.69) is 16.5 Å². The first kappa shape index (κ1) is 30.8. The number of rotatable bonds is 6. The topological polar surface area (TPSA) is 127 Å². The minimum atomic E-state index is -3.86. The van der Waals surface area contributed by atoms with E-state index in [4.69, 9.17) is 0 Å². The monoisotopic (exact) mass is 620 g/mol. The third-order valence-corrected chi connectivity index (χ3v) is 8.97. The summed E-state index contributed by atoms with van der Waals surface area (Å²) in [6, 6.07) is 8.59. The molecule has 0 aliphatic carbocycles. The fourth-order valence-electron chi connectivity index (χ4n) is 5.64. The van der Waals surface area contributed by atoms with E-state index >= 15 is 4.39 Å². The molecule has 4 aromatic rings. The number of aromatic nitrogens is 4. The average Bonchev–Trinajstić information content (AvgIpc) is 2.97. The van der Waals surface area contributed by atoms with Crippen LogP contribution in [0, 0.1) is 5.82 Å². The number of hydrogen-bond acceptors (Lipinski definition) is 8. The van der Waals surface area contributed by atoms with Crippen LogP contribution in [0.25, 0.3) is 28.0 Å².